The van der Waals surface area contributed by atoms with Crippen LogP contribution in [0.5, 0.6) is 0 Å². The Morgan fingerprint density at radius 2 is 2.31 bits per heavy atom. The van der Waals surface area contributed by atoms with Gasteiger partial charge >= 0.3 is 0 Å². The maximum absolute atomic E-state index is 8.91. The molecular formula is C11H16N4O. The smallest absolute Gasteiger partial charge is 0.144 e. The van der Waals surface area contributed by atoms with E-state index in [2.05, 4.69) is 10.3 Å². The Balaban J connectivity index is 2.79. The van der Waals surface area contributed by atoms with Crippen molar-refractivity contribution >= 4 is 11.5 Å². The van der Waals surface area contributed by atoms with Gasteiger partial charge in [-0.25, -0.2) is 4.98 Å². The summed E-state index contributed by atoms with van der Waals surface area (Å²) in [5, 5.41) is 12.0. The molecule has 1 heterocycles. The Labute approximate surface area is 95.2 Å². The molecule has 0 saturated heterocycles. The van der Waals surface area contributed by atoms with Crippen molar-refractivity contribution in [2.24, 2.45) is 0 Å². The molecule has 0 aliphatic heterocycles. The van der Waals surface area contributed by atoms with Crippen molar-refractivity contribution < 1.29 is 4.74 Å². The number of anilines is 2. The third-order valence-electron chi connectivity index (χ3n) is 2.26. The molecule has 0 fully saturated rings. The van der Waals surface area contributed by atoms with Gasteiger partial charge in [-0.3, -0.25) is 0 Å². The first-order valence-electron chi connectivity index (χ1n) is 4.93. The monoisotopic (exact) mass is 220 g/mol. The Morgan fingerprint density at radius 1 is 1.62 bits per heavy atom. The summed E-state index contributed by atoms with van der Waals surface area (Å²) >= 11 is 0. The summed E-state index contributed by atoms with van der Waals surface area (Å²) in [6.45, 7) is 4.46. The zero-order valence-electron chi connectivity index (χ0n) is 9.74. The summed E-state index contributed by atoms with van der Waals surface area (Å²) in [7, 11) is 1.64. The molecule has 1 rings (SSSR count). The molecule has 3 N–H and O–H groups in total. The van der Waals surface area contributed by atoms with Gasteiger partial charge in [-0.15, -0.1) is 0 Å². The zero-order valence-corrected chi connectivity index (χ0v) is 9.74. The number of nitrogens with two attached hydrogens (primary N) is 1. The fourth-order valence-corrected chi connectivity index (χ4v) is 1.08. The lowest BCUT2D eigenvalue weighted by Gasteiger charge is -2.23. The van der Waals surface area contributed by atoms with E-state index < -0.39 is 0 Å². The van der Waals surface area contributed by atoms with Crippen LogP contribution >= 0.6 is 0 Å². The number of pyridine rings is 1. The van der Waals surface area contributed by atoms with Gasteiger partial charge in [0.15, 0.2) is 0 Å². The number of ether oxygens (including phenoxy) is 1. The average molecular weight is 220 g/mol. The third kappa shape index (κ3) is 3.11. The van der Waals surface area contributed by atoms with E-state index in [9.17, 15) is 0 Å². The van der Waals surface area contributed by atoms with Crippen molar-refractivity contribution in [2.45, 2.75) is 19.4 Å². The average Bonchev–Trinajstić information content (AvgIpc) is 2.27. The molecule has 0 aromatic carbocycles. The fourth-order valence-electron chi connectivity index (χ4n) is 1.08. The molecule has 0 atom stereocenters. The number of hydrogen-bond acceptors (Lipinski definition) is 5. The van der Waals surface area contributed by atoms with E-state index in [1.807, 2.05) is 19.9 Å². The number of nitrogens with zero attached hydrogens (tertiary/aromatic N) is 2. The minimum atomic E-state index is -0.310. The van der Waals surface area contributed by atoms with Crippen molar-refractivity contribution in [3.8, 4) is 6.07 Å². The Bertz CT molecular complexity index is 409. The van der Waals surface area contributed by atoms with Crippen LogP contribution in [0.2, 0.25) is 0 Å². The minimum Gasteiger partial charge on any atom is -0.397 e. The second-order valence-electron chi connectivity index (χ2n) is 4.09. The predicted octanol–water partition coefficient (Wildman–Crippen LogP) is 1.37. The van der Waals surface area contributed by atoms with Crippen LogP contribution in [0, 0.1) is 11.3 Å². The molecule has 5 heteroatoms. The van der Waals surface area contributed by atoms with Gasteiger partial charge in [0.05, 0.1) is 23.0 Å². The highest BCUT2D eigenvalue weighted by molar-refractivity contribution is 5.57. The number of nitrogen functional groups attached to an aromatic ring is 1. The number of rotatable bonds is 4. The van der Waals surface area contributed by atoms with Crippen molar-refractivity contribution in [3.63, 3.8) is 0 Å². The lowest BCUT2D eigenvalue weighted by atomic mass is 10.1. The van der Waals surface area contributed by atoms with E-state index in [4.69, 9.17) is 15.7 Å². The third-order valence-corrected chi connectivity index (χ3v) is 2.26. The Hall–Kier alpha value is -1.80. The Morgan fingerprint density at radius 3 is 2.88 bits per heavy atom. The first kappa shape index (κ1) is 12.3. The van der Waals surface area contributed by atoms with Crippen LogP contribution in [-0.4, -0.2) is 24.2 Å². The fraction of sp³-hybridized carbons (Fsp3) is 0.455. The van der Waals surface area contributed by atoms with Crippen molar-refractivity contribution in [1.29, 1.82) is 5.26 Å². The lowest BCUT2D eigenvalue weighted by molar-refractivity contribution is 0.0343. The van der Waals surface area contributed by atoms with Crippen LogP contribution in [-0.2, 0) is 4.74 Å². The molecule has 1 aromatic heterocycles. The molecule has 0 unspecified atom stereocenters. The van der Waals surface area contributed by atoms with E-state index in [-0.39, 0.29) is 5.60 Å². The van der Waals surface area contributed by atoms with E-state index >= 15 is 0 Å². The number of aromatic nitrogens is 1. The van der Waals surface area contributed by atoms with Gasteiger partial charge in [0.2, 0.25) is 0 Å². The molecule has 5 nitrogen and oxygen atoms in total. The van der Waals surface area contributed by atoms with Gasteiger partial charge in [0.1, 0.15) is 11.9 Å². The van der Waals surface area contributed by atoms with Gasteiger partial charge in [0, 0.05) is 13.7 Å². The van der Waals surface area contributed by atoms with Crippen LogP contribution in [0.4, 0.5) is 11.5 Å². The summed E-state index contributed by atoms with van der Waals surface area (Å²) in [6, 6.07) is 3.64. The molecule has 0 saturated carbocycles. The molecule has 0 bridgehead atoms. The van der Waals surface area contributed by atoms with Gasteiger partial charge < -0.3 is 15.8 Å². The zero-order chi connectivity index (χ0) is 12.2. The minimum absolute atomic E-state index is 0.310. The normalized spacial score (nSPS) is 10.9. The van der Waals surface area contributed by atoms with E-state index in [1.165, 1.54) is 6.20 Å². The highest BCUT2D eigenvalue weighted by atomic mass is 16.5. The molecule has 86 valence electrons. The highest BCUT2D eigenvalue weighted by Crippen LogP contribution is 2.16. The van der Waals surface area contributed by atoms with Gasteiger partial charge in [-0.05, 0) is 19.9 Å². The largest absolute Gasteiger partial charge is 0.397 e. The Kier molecular flexibility index (Phi) is 3.69. The predicted molar refractivity (Wildman–Crippen MR) is 62.9 cm³/mol. The molecule has 0 spiro atoms. The lowest BCUT2D eigenvalue weighted by Crippen LogP contribution is -2.32. The van der Waals surface area contributed by atoms with Crippen LogP contribution in [0.3, 0.4) is 0 Å². The maximum Gasteiger partial charge on any atom is 0.144 e. The molecule has 0 aliphatic rings. The molecule has 0 amide bonds. The summed E-state index contributed by atoms with van der Waals surface area (Å²) in [6.07, 6.45) is 1.52. The molecule has 0 radical (unpaired) electrons. The summed E-state index contributed by atoms with van der Waals surface area (Å²) < 4.78 is 5.26. The number of methoxy groups -OCH3 is 1. The maximum atomic E-state index is 8.91. The first-order valence-corrected chi connectivity index (χ1v) is 4.93. The van der Waals surface area contributed by atoms with Crippen LogP contribution in [0.15, 0.2) is 12.3 Å². The van der Waals surface area contributed by atoms with E-state index in [0.717, 1.165) is 0 Å². The SMILES string of the molecule is COC(C)(C)CNc1ncc(N)cc1C#N. The van der Waals surface area contributed by atoms with Gasteiger partial charge in [-0.1, -0.05) is 0 Å². The quantitative estimate of drug-likeness (QED) is 0.800. The topological polar surface area (TPSA) is 84.0 Å². The molecular weight excluding hydrogens is 204 g/mol. The van der Waals surface area contributed by atoms with E-state index in [1.54, 1.807) is 13.2 Å². The molecule has 0 aliphatic carbocycles. The van der Waals surface area contributed by atoms with Crippen LogP contribution < -0.4 is 11.1 Å². The van der Waals surface area contributed by atoms with Crippen molar-refractivity contribution in [2.75, 3.05) is 24.7 Å². The first-order chi connectivity index (χ1) is 7.48. The number of hydrogen-bond donors (Lipinski definition) is 2. The second kappa shape index (κ2) is 4.81. The summed E-state index contributed by atoms with van der Waals surface area (Å²) in [5.41, 5.74) is 6.15. The standard InChI is InChI=1S/C11H16N4O/c1-11(2,16-3)7-15-10-8(5-12)4-9(13)6-14-10/h4,6H,7,13H2,1-3H3,(H,14,15). The van der Waals surface area contributed by atoms with Crippen molar-refractivity contribution in [3.05, 3.63) is 17.8 Å². The van der Waals surface area contributed by atoms with Crippen LogP contribution in [0.25, 0.3) is 0 Å². The number of nitriles is 1. The summed E-state index contributed by atoms with van der Waals surface area (Å²) in [4.78, 5) is 4.07. The second-order valence-corrected chi connectivity index (χ2v) is 4.09. The van der Waals surface area contributed by atoms with Gasteiger partial charge in [0.25, 0.3) is 0 Å². The van der Waals surface area contributed by atoms with Crippen molar-refractivity contribution in [1.82, 2.24) is 4.98 Å². The van der Waals surface area contributed by atoms with Crippen LogP contribution in [0.1, 0.15) is 19.4 Å². The molecule has 16 heavy (non-hydrogen) atoms. The number of nitrogens with one attached hydrogen (secondary N) is 1. The van der Waals surface area contributed by atoms with E-state index in [0.29, 0.717) is 23.6 Å². The summed E-state index contributed by atoms with van der Waals surface area (Å²) in [5.74, 6) is 0.529. The highest BCUT2D eigenvalue weighted by Gasteiger charge is 2.16. The van der Waals surface area contributed by atoms with Gasteiger partial charge in [-0.2, -0.15) is 5.26 Å². The molecule has 1 aromatic rings.